The molecule has 20 heavy (non-hydrogen) atoms. The van der Waals surface area contributed by atoms with E-state index in [9.17, 15) is 9.90 Å². The van der Waals surface area contributed by atoms with Crippen LogP contribution >= 0.6 is 0 Å². The third kappa shape index (κ3) is 3.13. The summed E-state index contributed by atoms with van der Waals surface area (Å²) in [5.41, 5.74) is 1.71. The molecular formula is C16H20N2O2. The second kappa shape index (κ2) is 5.57. The lowest BCUT2D eigenvalue weighted by Gasteiger charge is -2.31. The summed E-state index contributed by atoms with van der Waals surface area (Å²) in [7, 11) is 0. The van der Waals surface area contributed by atoms with Crippen molar-refractivity contribution in [3.8, 4) is 0 Å². The van der Waals surface area contributed by atoms with Crippen molar-refractivity contribution in [3.05, 3.63) is 35.9 Å². The SMILES string of the molecule is CCC(O)=C1C(=O)CC(C)(C)CC1=Nc1ccncc1. The number of allylic oxidation sites excluding steroid dienone is 2. The first kappa shape index (κ1) is 14.4. The van der Waals surface area contributed by atoms with E-state index in [1.807, 2.05) is 20.8 Å². The first-order valence-electron chi connectivity index (χ1n) is 6.86. The number of pyridine rings is 1. The fourth-order valence-corrected chi connectivity index (χ4v) is 2.46. The molecule has 0 aliphatic heterocycles. The van der Waals surface area contributed by atoms with E-state index in [4.69, 9.17) is 0 Å². The maximum Gasteiger partial charge on any atom is 0.168 e. The van der Waals surface area contributed by atoms with Gasteiger partial charge in [-0.15, -0.1) is 0 Å². The molecule has 1 N–H and O–H groups in total. The van der Waals surface area contributed by atoms with Gasteiger partial charge in [-0.3, -0.25) is 14.8 Å². The molecule has 4 heteroatoms. The van der Waals surface area contributed by atoms with Crippen LogP contribution in [0.2, 0.25) is 0 Å². The number of hydrogen-bond donors (Lipinski definition) is 1. The van der Waals surface area contributed by atoms with Crippen LogP contribution in [-0.4, -0.2) is 21.6 Å². The van der Waals surface area contributed by atoms with Crippen LogP contribution in [0.3, 0.4) is 0 Å². The van der Waals surface area contributed by atoms with E-state index in [0.717, 1.165) is 5.69 Å². The Hall–Kier alpha value is -1.97. The minimum Gasteiger partial charge on any atom is -0.512 e. The lowest BCUT2D eigenvalue weighted by Crippen LogP contribution is -2.32. The summed E-state index contributed by atoms with van der Waals surface area (Å²) in [6, 6.07) is 3.58. The van der Waals surface area contributed by atoms with E-state index in [2.05, 4.69) is 9.98 Å². The highest BCUT2D eigenvalue weighted by Crippen LogP contribution is 2.36. The van der Waals surface area contributed by atoms with Gasteiger partial charge in [-0.1, -0.05) is 20.8 Å². The van der Waals surface area contributed by atoms with Crippen molar-refractivity contribution >= 4 is 17.2 Å². The van der Waals surface area contributed by atoms with Gasteiger partial charge in [0.05, 0.1) is 17.0 Å². The minimum atomic E-state index is -0.125. The highest BCUT2D eigenvalue weighted by molar-refractivity contribution is 6.25. The van der Waals surface area contributed by atoms with E-state index in [-0.39, 0.29) is 17.0 Å². The lowest BCUT2D eigenvalue weighted by molar-refractivity contribution is -0.117. The van der Waals surface area contributed by atoms with Gasteiger partial charge in [0.25, 0.3) is 0 Å². The van der Waals surface area contributed by atoms with Crippen LogP contribution in [0.4, 0.5) is 5.69 Å². The summed E-state index contributed by atoms with van der Waals surface area (Å²) in [5, 5.41) is 10.0. The monoisotopic (exact) mass is 272 g/mol. The molecule has 2 rings (SSSR count). The normalized spacial score (nSPS) is 22.9. The molecule has 0 bridgehead atoms. The van der Waals surface area contributed by atoms with Crippen LogP contribution in [0, 0.1) is 5.41 Å². The molecule has 1 aromatic heterocycles. The Kier molecular flexibility index (Phi) is 4.02. The van der Waals surface area contributed by atoms with E-state index in [0.29, 0.717) is 30.5 Å². The highest BCUT2D eigenvalue weighted by atomic mass is 16.3. The summed E-state index contributed by atoms with van der Waals surface area (Å²) in [4.78, 5) is 20.8. The third-order valence-corrected chi connectivity index (χ3v) is 3.40. The average molecular weight is 272 g/mol. The zero-order chi connectivity index (χ0) is 14.8. The Labute approximate surface area is 119 Å². The number of carbonyl (C=O) groups excluding carboxylic acids is 1. The Morgan fingerprint density at radius 1 is 1.35 bits per heavy atom. The van der Waals surface area contributed by atoms with Gasteiger partial charge < -0.3 is 5.11 Å². The molecule has 0 saturated heterocycles. The summed E-state index contributed by atoms with van der Waals surface area (Å²) >= 11 is 0. The van der Waals surface area contributed by atoms with Gasteiger partial charge in [0.1, 0.15) is 5.76 Å². The van der Waals surface area contributed by atoms with Crippen LogP contribution in [0.1, 0.15) is 40.0 Å². The molecule has 106 valence electrons. The Balaban J connectivity index is 2.50. The Bertz CT molecular complexity index is 571. The smallest absolute Gasteiger partial charge is 0.168 e. The fraction of sp³-hybridized carbons (Fsp3) is 0.438. The zero-order valence-corrected chi connectivity index (χ0v) is 12.2. The molecule has 0 atom stereocenters. The number of nitrogens with zero attached hydrogens (tertiary/aromatic N) is 2. The summed E-state index contributed by atoms with van der Waals surface area (Å²) in [6.07, 6.45) is 4.90. The maximum absolute atomic E-state index is 12.3. The Morgan fingerprint density at radius 2 is 2.00 bits per heavy atom. The van der Waals surface area contributed by atoms with Crippen LogP contribution < -0.4 is 0 Å². The predicted molar refractivity (Wildman–Crippen MR) is 79.3 cm³/mol. The first-order chi connectivity index (χ1) is 9.43. The molecule has 0 amide bonds. The third-order valence-electron chi connectivity index (χ3n) is 3.40. The predicted octanol–water partition coefficient (Wildman–Crippen LogP) is 3.77. The number of aliphatic hydroxyl groups excluding tert-OH is 1. The maximum atomic E-state index is 12.3. The van der Waals surface area contributed by atoms with Crippen molar-refractivity contribution in [2.75, 3.05) is 0 Å². The summed E-state index contributed by atoms with van der Waals surface area (Å²) in [6.45, 7) is 5.93. The number of rotatable bonds is 2. The van der Waals surface area contributed by atoms with Crippen molar-refractivity contribution < 1.29 is 9.90 Å². The molecule has 1 aliphatic rings. The van der Waals surface area contributed by atoms with Gasteiger partial charge in [0.2, 0.25) is 0 Å². The van der Waals surface area contributed by atoms with E-state index in [1.54, 1.807) is 24.5 Å². The number of carbonyl (C=O) groups is 1. The highest BCUT2D eigenvalue weighted by Gasteiger charge is 2.35. The van der Waals surface area contributed by atoms with Crippen molar-refractivity contribution in [2.45, 2.75) is 40.0 Å². The second-order valence-electron chi connectivity index (χ2n) is 5.88. The molecule has 0 radical (unpaired) electrons. The Morgan fingerprint density at radius 3 is 2.60 bits per heavy atom. The molecule has 0 spiro atoms. The first-order valence-corrected chi connectivity index (χ1v) is 6.86. The van der Waals surface area contributed by atoms with Crippen LogP contribution in [-0.2, 0) is 4.79 Å². The number of aromatic nitrogens is 1. The van der Waals surface area contributed by atoms with E-state index >= 15 is 0 Å². The largest absolute Gasteiger partial charge is 0.512 e. The summed E-state index contributed by atoms with van der Waals surface area (Å²) in [5.74, 6) is 0.117. The lowest BCUT2D eigenvalue weighted by atomic mass is 9.73. The number of aliphatic hydroxyl groups is 1. The topological polar surface area (TPSA) is 62.5 Å². The van der Waals surface area contributed by atoms with Gasteiger partial charge in [-0.2, -0.15) is 0 Å². The quantitative estimate of drug-likeness (QED) is 0.658. The van der Waals surface area contributed by atoms with Crippen molar-refractivity contribution in [1.29, 1.82) is 0 Å². The standard InChI is InChI=1S/C16H20N2O2/c1-4-13(19)15-12(9-16(2,3)10-14(15)20)18-11-5-7-17-8-6-11/h5-8,19H,4,9-10H2,1-3H3. The van der Waals surface area contributed by atoms with Crippen molar-refractivity contribution in [1.82, 2.24) is 4.98 Å². The van der Waals surface area contributed by atoms with Crippen LogP contribution in [0.5, 0.6) is 0 Å². The van der Waals surface area contributed by atoms with Gasteiger partial charge in [-0.25, -0.2) is 0 Å². The van der Waals surface area contributed by atoms with Crippen molar-refractivity contribution in [2.24, 2.45) is 10.4 Å². The number of ketones is 1. The van der Waals surface area contributed by atoms with Gasteiger partial charge >= 0.3 is 0 Å². The molecule has 1 saturated carbocycles. The molecular weight excluding hydrogens is 252 g/mol. The molecule has 1 aromatic rings. The van der Waals surface area contributed by atoms with Gasteiger partial charge in [0.15, 0.2) is 5.78 Å². The summed E-state index contributed by atoms with van der Waals surface area (Å²) < 4.78 is 0. The van der Waals surface area contributed by atoms with Gasteiger partial charge in [0, 0.05) is 25.2 Å². The van der Waals surface area contributed by atoms with Crippen LogP contribution in [0.25, 0.3) is 0 Å². The van der Waals surface area contributed by atoms with Crippen LogP contribution in [0.15, 0.2) is 40.9 Å². The number of aliphatic imine (C=N–C) groups is 1. The molecule has 1 heterocycles. The molecule has 1 aliphatic carbocycles. The van der Waals surface area contributed by atoms with E-state index < -0.39 is 0 Å². The molecule has 0 aromatic carbocycles. The average Bonchev–Trinajstić information content (AvgIpc) is 2.37. The minimum absolute atomic E-state index is 0.0200. The second-order valence-corrected chi connectivity index (χ2v) is 5.88. The fourth-order valence-electron chi connectivity index (χ4n) is 2.46. The zero-order valence-electron chi connectivity index (χ0n) is 12.2. The van der Waals surface area contributed by atoms with E-state index in [1.165, 1.54) is 0 Å². The molecule has 1 fully saturated rings. The molecule has 4 nitrogen and oxygen atoms in total. The van der Waals surface area contributed by atoms with Gasteiger partial charge in [-0.05, 0) is 24.0 Å². The number of Topliss-reactive ketones (excluding diaryl/α,β-unsaturated/α-hetero) is 1. The number of hydrogen-bond acceptors (Lipinski definition) is 4. The molecule has 0 unspecified atom stereocenters. The van der Waals surface area contributed by atoms with Crippen molar-refractivity contribution in [3.63, 3.8) is 0 Å².